The van der Waals surface area contributed by atoms with Gasteiger partial charge in [0.15, 0.2) is 0 Å². The number of hydrogen-bond acceptors (Lipinski definition) is 2. The lowest BCUT2D eigenvalue weighted by atomic mass is 9.87. The quantitative estimate of drug-likeness (QED) is 0.673. The number of carbonyl (C=O) groups excluding carboxylic acids is 1. The average molecular weight is 184 g/mol. The van der Waals surface area contributed by atoms with E-state index in [4.69, 9.17) is 5.73 Å². The summed E-state index contributed by atoms with van der Waals surface area (Å²) in [6.45, 7) is 3.99. The average Bonchev–Trinajstić information content (AvgIpc) is 2.08. The van der Waals surface area contributed by atoms with Gasteiger partial charge in [-0.25, -0.2) is 0 Å². The zero-order valence-electron chi connectivity index (χ0n) is 8.55. The van der Waals surface area contributed by atoms with Gasteiger partial charge in [-0.3, -0.25) is 4.79 Å². The van der Waals surface area contributed by atoms with Gasteiger partial charge < -0.3 is 11.1 Å². The molecule has 0 heterocycles. The van der Waals surface area contributed by atoms with Crippen molar-refractivity contribution >= 4 is 5.91 Å². The minimum atomic E-state index is -0.376. The van der Waals surface area contributed by atoms with Crippen molar-refractivity contribution in [2.45, 2.75) is 51.6 Å². The van der Waals surface area contributed by atoms with Gasteiger partial charge in [0.25, 0.3) is 0 Å². The fourth-order valence-electron chi connectivity index (χ4n) is 1.74. The standard InChI is InChI=1S/C10H20N2O/c1-7-3-5-9(6-4-7)12-10(13)8(2)11/h7-9H,3-6,11H2,1-2H3,(H,12,13)/t7-,8-,9-/m0/s1. The zero-order chi connectivity index (χ0) is 9.84. The van der Waals surface area contributed by atoms with Gasteiger partial charge >= 0.3 is 0 Å². The molecule has 1 fully saturated rings. The number of carbonyl (C=O) groups is 1. The SMILES string of the molecule is C[C@H](N)C(=O)N[C@H]1CC[C@H](C)CC1. The number of nitrogens with one attached hydrogen (secondary N) is 1. The predicted octanol–water partition coefficient (Wildman–Crippen LogP) is 1.03. The molecular formula is C10H20N2O. The van der Waals surface area contributed by atoms with Gasteiger partial charge in [0.2, 0.25) is 5.91 Å². The normalized spacial score (nSPS) is 31.0. The lowest BCUT2D eigenvalue weighted by Gasteiger charge is -2.27. The zero-order valence-corrected chi connectivity index (χ0v) is 8.55. The summed E-state index contributed by atoms with van der Waals surface area (Å²) >= 11 is 0. The molecule has 0 aromatic heterocycles. The van der Waals surface area contributed by atoms with Crippen molar-refractivity contribution in [1.29, 1.82) is 0 Å². The Labute approximate surface area is 80.1 Å². The third kappa shape index (κ3) is 3.35. The highest BCUT2D eigenvalue weighted by Crippen LogP contribution is 2.23. The molecule has 0 aromatic carbocycles. The van der Waals surface area contributed by atoms with Crippen LogP contribution in [0, 0.1) is 5.92 Å². The molecule has 0 radical (unpaired) electrons. The van der Waals surface area contributed by atoms with Crippen LogP contribution in [-0.4, -0.2) is 18.0 Å². The molecule has 1 saturated carbocycles. The number of hydrogen-bond donors (Lipinski definition) is 2. The molecule has 1 amide bonds. The molecule has 0 saturated heterocycles. The Bertz CT molecular complexity index is 172. The lowest BCUT2D eigenvalue weighted by molar-refractivity contribution is -0.122. The summed E-state index contributed by atoms with van der Waals surface area (Å²) < 4.78 is 0. The number of rotatable bonds is 2. The van der Waals surface area contributed by atoms with Crippen LogP contribution in [0.5, 0.6) is 0 Å². The van der Waals surface area contributed by atoms with Crippen LogP contribution in [0.3, 0.4) is 0 Å². The second-order valence-electron chi connectivity index (χ2n) is 4.25. The van der Waals surface area contributed by atoms with Crippen LogP contribution in [0.25, 0.3) is 0 Å². The predicted molar refractivity (Wildman–Crippen MR) is 53.2 cm³/mol. The molecule has 76 valence electrons. The molecule has 1 rings (SSSR count). The summed E-state index contributed by atoms with van der Waals surface area (Å²) in [7, 11) is 0. The van der Waals surface area contributed by atoms with Crippen LogP contribution in [0.2, 0.25) is 0 Å². The highest BCUT2D eigenvalue weighted by atomic mass is 16.2. The molecule has 0 aromatic rings. The van der Waals surface area contributed by atoms with Gasteiger partial charge in [0.1, 0.15) is 0 Å². The van der Waals surface area contributed by atoms with E-state index in [9.17, 15) is 4.79 Å². The maximum Gasteiger partial charge on any atom is 0.236 e. The van der Waals surface area contributed by atoms with Crippen LogP contribution in [0.15, 0.2) is 0 Å². The molecule has 1 atom stereocenters. The van der Waals surface area contributed by atoms with Gasteiger partial charge in [-0.2, -0.15) is 0 Å². The van der Waals surface area contributed by atoms with Crippen molar-refractivity contribution in [3.05, 3.63) is 0 Å². The maximum absolute atomic E-state index is 11.3. The Balaban J connectivity index is 2.26. The van der Waals surface area contributed by atoms with Crippen molar-refractivity contribution < 1.29 is 4.79 Å². The topological polar surface area (TPSA) is 55.1 Å². The summed E-state index contributed by atoms with van der Waals surface area (Å²) in [5, 5.41) is 2.97. The second kappa shape index (κ2) is 4.61. The summed E-state index contributed by atoms with van der Waals surface area (Å²) in [5.74, 6) is 0.808. The van der Waals surface area contributed by atoms with Crippen LogP contribution < -0.4 is 11.1 Å². The summed E-state index contributed by atoms with van der Waals surface area (Å²) in [6.07, 6.45) is 4.67. The van der Waals surface area contributed by atoms with E-state index >= 15 is 0 Å². The van der Waals surface area contributed by atoms with Gasteiger partial charge in [0, 0.05) is 6.04 Å². The van der Waals surface area contributed by atoms with E-state index in [1.54, 1.807) is 6.92 Å². The van der Waals surface area contributed by atoms with Crippen LogP contribution in [0.1, 0.15) is 39.5 Å². The van der Waals surface area contributed by atoms with Gasteiger partial charge in [-0.15, -0.1) is 0 Å². The van der Waals surface area contributed by atoms with E-state index in [0.29, 0.717) is 6.04 Å². The molecule has 0 spiro atoms. The second-order valence-corrected chi connectivity index (χ2v) is 4.25. The Hall–Kier alpha value is -0.570. The molecule has 0 aliphatic heterocycles. The van der Waals surface area contributed by atoms with Crippen LogP contribution in [-0.2, 0) is 4.79 Å². The third-order valence-electron chi connectivity index (χ3n) is 2.78. The Kier molecular flexibility index (Phi) is 3.72. The first kappa shape index (κ1) is 10.5. The van der Waals surface area contributed by atoms with Crippen molar-refractivity contribution in [3.63, 3.8) is 0 Å². The maximum atomic E-state index is 11.3. The van der Waals surface area contributed by atoms with Crippen LogP contribution in [0.4, 0.5) is 0 Å². The molecule has 0 bridgehead atoms. The molecule has 3 heteroatoms. The Morgan fingerprint density at radius 1 is 1.38 bits per heavy atom. The fourth-order valence-corrected chi connectivity index (χ4v) is 1.74. The van der Waals surface area contributed by atoms with Crippen LogP contribution >= 0.6 is 0 Å². The largest absolute Gasteiger partial charge is 0.352 e. The Morgan fingerprint density at radius 2 is 1.92 bits per heavy atom. The first-order valence-corrected chi connectivity index (χ1v) is 5.15. The van der Waals surface area contributed by atoms with E-state index in [1.165, 1.54) is 12.8 Å². The molecule has 0 unspecified atom stereocenters. The van der Waals surface area contributed by atoms with Crippen molar-refractivity contribution in [2.24, 2.45) is 11.7 Å². The lowest BCUT2D eigenvalue weighted by Crippen LogP contribution is -2.45. The fraction of sp³-hybridized carbons (Fsp3) is 0.900. The van der Waals surface area contributed by atoms with E-state index in [2.05, 4.69) is 12.2 Å². The van der Waals surface area contributed by atoms with E-state index in [0.717, 1.165) is 18.8 Å². The number of amides is 1. The molecule has 3 N–H and O–H groups in total. The molecule has 13 heavy (non-hydrogen) atoms. The Morgan fingerprint density at radius 3 is 2.38 bits per heavy atom. The third-order valence-corrected chi connectivity index (χ3v) is 2.78. The van der Waals surface area contributed by atoms with E-state index in [1.807, 2.05) is 0 Å². The number of nitrogens with two attached hydrogens (primary N) is 1. The van der Waals surface area contributed by atoms with Crippen molar-refractivity contribution in [3.8, 4) is 0 Å². The van der Waals surface area contributed by atoms with Gasteiger partial charge in [0.05, 0.1) is 6.04 Å². The molecule has 1 aliphatic carbocycles. The minimum absolute atomic E-state index is 0.0143. The summed E-state index contributed by atoms with van der Waals surface area (Å²) in [6, 6.07) is -0.00551. The van der Waals surface area contributed by atoms with Gasteiger partial charge in [-0.1, -0.05) is 6.92 Å². The van der Waals surface area contributed by atoms with Crippen molar-refractivity contribution in [2.75, 3.05) is 0 Å². The van der Waals surface area contributed by atoms with Gasteiger partial charge in [-0.05, 0) is 38.5 Å². The highest BCUT2D eigenvalue weighted by molar-refractivity contribution is 5.81. The summed E-state index contributed by atoms with van der Waals surface area (Å²) in [4.78, 5) is 11.3. The first-order valence-electron chi connectivity index (χ1n) is 5.15. The molecular weight excluding hydrogens is 164 g/mol. The molecule has 3 nitrogen and oxygen atoms in total. The van der Waals surface area contributed by atoms with E-state index in [-0.39, 0.29) is 11.9 Å². The van der Waals surface area contributed by atoms with E-state index < -0.39 is 0 Å². The summed E-state index contributed by atoms with van der Waals surface area (Å²) in [5.41, 5.74) is 5.47. The first-order chi connectivity index (χ1) is 6.09. The van der Waals surface area contributed by atoms with Crippen molar-refractivity contribution in [1.82, 2.24) is 5.32 Å². The molecule has 1 aliphatic rings. The highest BCUT2D eigenvalue weighted by Gasteiger charge is 2.20. The minimum Gasteiger partial charge on any atom is -0.352 e. The monoisotopic (exact) mass is 184 g/mol. The smallest absolute Gasteiger partial charge is 0.236 e.